The lowest BCUT2D eigenvalue weighted by molar-refractivity contribution is 0.0799. The van der Waals surface area contributed by atoms with Gasteiger partial charge in [0.2, 0.25) is 10.0 Å². The van der Waals surface area contributed by atoms with Gasteiger partial charge >= 0.3 is 0 Å². The van der Waals surface area contributed by atoms with Gasteiger partial charge in [0.25, 0.3) is 0 Å². The number of sulfonamides is 1. The van der Waals surface area contributed by atoms with E-state index in [4.69, 9.17) is 9.84 Å². The zero-order valence-corrected chi connectivity index (χ0v) is 12.7. The van der Waals surface area contributed by atoms with Crippen molar-refractivity contribution in [1.29, 1.82) is 0 Å². The Kier molecular flexibility index (Phi) is 6.78. The number of hydrogen-bond donors (Lipinski definition) is 2. The van der Waals surface area contributed by atoms with Crippen molar-refractivity contribution in [2.75, 3.05) is 19.8 Å². The second-order valence-electron chi connectivity index (χ2n) is 4.22. The summed E-state index contributed by atoms with van der Waals surface area (Å²) in [6, 6.07) is 3.21. The largest absolute Gasteiger partial charge is 0.384 e. The molecule has 0 aliphatic rings. The average Bonchev–Trinajstić information content (AvgIpc) is 2.43. The Morgan fingerprint density at radius 2 is 2.19 bits per heavy atom. The van der Waals surface area contributed by atoms with Crippen LogP contribution in [-0.2, 0) is 14.8 Å². The molecule has 0 fully saturated rings. The molecule has 1 atom stereocenters. The summed E-state index contributed by atoms with van der Waals surface area (Å²) in [7, 11) is -3.83. The van der Waals surface area contributed by atoms with Gasteiger partial charge in [0.15, 0.2) is 0 Å². The van der Waals surface area contributed by atoms with Crippen LogP contribution in [0.4, 0.5) is 4.39 Å². The van der Waals surface area contributed by atoms with Gasteiger partial charge in [-0.3, -0.25) is 0 Å². The SMILES string of the molecule is CCOC(C)CNS(=O)(=O)c1ccc(F)cc1C#CCO. The number of rotatable bonds is 6. The van der Waals surface area contributed by atoms with E-state index in [2.05, 4.69) is 16.6 Å². The second-order valence-corrected chi connectivity index (χ2v) is 5.95. The van der Waals surface area contributed by atoms with Crippen LogP contribution in [0.1, 0.15) is 19.4 Å². The molecule has 0 saturated heterocycles. The summed E-state index contributed by atoms with van der Waals surface area (Å²) in [6.07, 6.45) is -0.280. The summed E-state index contributed by atoms with van der Waals surface area (Å²) in [5.41, 5.74) is 0.000568. The molecule has 0 spiro atoms. The monoisotopic (exact) mass is 315 g/mol. The molecule has 2 N–H and O–H groups in total. The van der Waals surface area contributed by atoms with Crippen LogP contribution in [0.15, 0.2) is 23.1 Å². The van der Waals surface area contributed by atoms with Crippen LogP contribution in [-0.4, -0.2) is 39.4 Å². The molecule has 0 saturated carbocycles. The summed E-state index contributed by atoms with van der Waals surface area (Å²) in [4.78, 5) is -0.131. The van der Waals surface area contributed by atoms with Crippen LogP contribution in [0.3, 0.4) is 0 Å². The summed E-state index contributed by atoms with van der Waals surface area (Å²) in [5.74, 6) is 4.15. The van der Waals surface area contributed by atoms with Crippen LogP contribution in [0.2, 0.25) is 0 Å². The number of aliphatic hydroxyl groups is 1. The maximum atomic E-state index is 13.2. The normalized spacial score (nSPS) is 12.6. The van der Waals surface area contributed by atoms with Gasteiger partial charge in [0, 0.05) is 18.7 Å². The van der Waals surface area contributed by atoms with E-state index in [-0.39, 0.29) is 23.1 Å². The number of hydrogen-bond acceptors (Lipinski definition) is 4. The van der Waals surface area contributed by atoms with Crippen molar-refractivity contribution in [2.24, 2.45) is 0 Å². The average molecular weight is 315 g/mol. The molecule has 21 heavy (non-hydrogen) atoms. The highest BCUT2D eigenvalue weighted by Crippen LogP contribution is 2.16. The van der Waals surface area contributed by atoms with Crippen LogP contribution < -0.4 is 4.72 Å². The molecular formula is C14H18FNO4S. The molecule has 5 nitrogen and oxygen atoms in total. The van der Waals surface area contributed by atoms with Gasteiger partial charge in [0.1, 0.15) is 12.4 Å². The molecule has 0 aromatic heterocycles. The first-order valence-corrected chi connectivity index (χ1v) is 7.89. The Morgan fingerprint density at radius 3 is 2.81 bits per heavy atom. The first-order valence-electron chi connectivity index (χ1n) is 6.41. The van der Waals surface area contributed by atoms with Crippen LogP contribution in [0, 0.1) is 17.7 Å². The molecule has 1 unspecified atom stereocenters. The highest BCUT2D eigenvalue weighted by atomic mass is 32.2. The molecule has 116 valence electrons. The van der Waals surface area contributed by atoms with Gasteiger partial charge in [0.05, 0.1) is 11.0 Å². The first-order chi connectivity index (χ1) is 9.90. The van der Waals surface area contributed by atoms with E-state index in [9.17, 15) is 12.8 Å². The molecule has 0 radical (unpaired) electrons. The van der Waals surface area contributed by atoms with E-state index >= 15 is 0 Å². The lowest BCUT2D eigenvalue weighted by Gasteiger charge is -2.13. The predicted molar refractivity (Wildman–Crippen MR) is 76.6 cm³/mol. The van der Waals surface area contributed by atoms with Crippen molar-refractivity contribution in [3.05, 3.63) is 29.6 Å². The van der Waals surface area contributed by atoms with E-state index in [1.54, 1.807) is 6.92 Å². The molecule has 0 aliphatic heterocycles. The van der Waals surface area contributed by atoms with E-state index in [1.165, 1.54) is 0 Å². The fourth-order valence-corrected chi connectivity index (χ4v) is 2.87. The van der Waals surface area contributed by atoms with Crippen molar-refractivity contribution in [2.45, 2.75) is 24.8 Å². The van der Waals surface area contributed by atoms with Crippen molar-refractivity contribution < 1.29 is 22.7 Å². The number of halogens is 1. The van der Waals surface area contributed by atoms with Crippen molar-refractivity contribution in [3.8, 4) is 11.8 Å². The smallest absolute Gasteiger partial charge is 0.241 e. The molecule has 0 bridgehead atoms. The first kappa shape index (κ1) is 17.6. The summed E-state index contributed by atoms with van der Waals surface area (Å²) in [6.45, 7) is 3.69. The quantitative estimate of drug-likeness (QED) is 0.764. The van der Waals surface area contributed by atoms with Crippen molar-refractivity contribution >= 4 is 10.0 Å². The molecule has 1 aromatic carbocycles. The minimum Gasteiger partial charge on any atom is -0.384 e. The van der Waals surface area contributed by atoms with Crippen LogP contribution in [0.25, 0.3) is 0 Å². The molecule has 0 heterocycles. The standard InChI is InChI=1S/C14H18FNO4S/c1-3-20-11(2)10-16-21(18,19)14-7-6-13(15)9-12(14)5-4-8-17/h6-7,9,11,16-17H,3,8,10H2,1-2H3. The Labute approximate surface area is 124 Å². The summed E-state index contributed by atoms with van der Waals surface area (Å²) in [5, 5.41) is 8.68. The van der Waals surface area contributed by atoms with Gasteiger partial charge in [-0.2, -0.15) is 0 Å². The van der Waals surface area contributed by atoms with Gasteiger partial charge in [-0.05, 0) is 32.0 Å². The Hall–Kier alpha value is -1.46. The third-order valence-corrected chi connectivity index (χ3v) is 4.03. The molecule has 0 aliphatic carbocycles. The van der Waals surface area contributed by atoms with E-state index in [1.807, 2.05) is 6.92 Å². The maximum Gasteiger partial charge on any atom is 0.241 e. The second kappa shape index (κ2) is 8.10. The fraction of sp³-hybridized carbons (Fsp3) is 0.429. The Bertz CT molecular complexity index is 634. The lowest BCUT2D eigenvalue weighted by Crippen LogP contribution is -2.32. The summed E-state index contributed by atoms with van der Waals surface area (Å²) < 4.78 is 45.3. The van der Waals surface area contributed by atoms with Crippen molar-refractivity contribution in [3.63, 3.8) is 0 Å². The molecule has 7 heteroatoms. The molecule has 1 rings (SSSR count). The predicted octanol–water partition coefficient (Wildman–Crippen LogP) is 0.873. The Balaban J connectivity index is 3.02. The van der Waals surface area contributed by atoms with E-state index < -0.39 is 22.4 Å². The molecular weight excluding hydrogens is 297 g/mol. The minimum absolute atomic E-state index is 0.000568. The van der Waals surface area contributed by atoms with Gasteiger partial charge in [-0.25, -0.2) is 17.5 Å². The minimum atomic E-state index is -3.83. The van der Waals surface area contributed by atoms with Crippen LogP contribution >= 0.6 is 0 Å². The van der Waals surface area contributed by atoms with Gasteiger partial charge in [-0.15, -0.1) is 0 Å². The van der Waals surface area contributed by atoms with Crippen molar-refractivity contribution in [1.82, 2.24) is 4.72 Å². The third kappa shape index (κ3) is 5.44. The number of nitrogens with one attached hydrogen (secondary N) is 1. The topological polar surface area (TPSA) is 75.6 Å². The number of ether oxygens (including phenoxy) is 1. The number of benzene rings is 1. The van der Waals surface area contributed by atoms with E-state index in [0.29, 0.717) is 6.61 Å². The fourth-order valence-electron chi connectivity index (χ4n) is 1.62. The maximum absolute atomic E-state index is 13.2. The highest BCUT2D eigenvalue weighted by molar-refractivity contribution is 7.89. The van der Waals surface area contributed by atoms with E-state index in [0.717, 1.165) is 18.2 Å². The lowest BCUT2D eigenvalue weighted by atomic mass is 10.2. The molecule has 1 aromatic rings. The number of aliphatic hydroxyl groups excluding tert-OH is 1. The zero-order valence-electron chi connectivity index (χ0n) is 11.9. The van der Waals surface area contributed by atoms with Gasteiger partial charge < -0.3 is 9.84 Å². The Morgan fingerprint density at radius 1 is 1.48 bits per heavy atom. The zero-order chi connectivity index (χ0) is 15.9. The van der Waals surface area contributed by atoms with Crippen LogP contribution in [0.5, 0.6) is 0 Å². The summed E-state index contributed by atoms with van der Waals surface area (Å²) >= 11 is 0. The third-order valence-electron chi connectivity index (χ3n) is 2.55. The highest BCUT2D eigenvalue weighted by Gasteiger charge is 2.19. The van der Waals surface area contributed by atoms with Gasteiger partial charge in [-0.1, -0.05) is 11.8 Å². The molecule has 0 amide bonds.